The Balaban J connectivity index is 1.60. The molecule has 116 valence electrons. The molecule has 0 bridgehead atoms. The summed E-state index contributed by atoms with van der Waals surface area (Å²) >= 11 is 0. The van der Waals surface area contributed by atoms with Crippen molar-refractivity contribution in [3.8, 4) is 0 Å². The lowest BCUT2D eigenvalue weighted by Crippen LogP contribution is -2.12. The number of anilines is 2. The van der Waals surface area contributed by atoms with Gasteiger partial charge in [0, 0.05) is 24.5 Å². The number of benzene rings is 4. The summed E-state index contributed by atoms with van der Waals surface area (Å²) in [5.41, 5.74) is 5.07. The van der Waals surface area contributed by atoms with Crippen molar-refractivity contribution < 1.29 is 0 Å². The molecular weight excluding hydrogens is 292 g/mol. The Hall–Kier alpha value is -3.00. The highest BCUT2D eigenvalue weighted by molar-refractivity contribution is 5.89. The van der Waals surface area contributed by atoms with Crippen molar-refractivity contribution in [3.05, 3.63) is 83.9 Å². The number of hydrogen-bond acceptors (Lipinski definition) is 2. The maximum absolute atomic E-state index is 3.64. The molecule has 0 aliphatic carbocycles. The molecule has 1 aliphatic rings. The predicted octanol–water partition coefficient (Wildman–Crippen LogP) is 5.53. The molecule has 0 saturated carbocycles. The maximum Gasteiger partial charge on any atom is 0.0421 e. The largest absolute Gasteiger partial charge is 0.381 e. The van der Waals surface area contributed by atoms with E-state index in [0.717, 1.165) is 13.1 Å². The second-order valence-electron chi connectivity index (χ2n) is 6.42. The Morgan fingerprint density at radius 2 is 0.875 bits per heavy atom. The first-order valence-electron chi connectivity index (χ1n) is 8.38. The fourth-order valence-electron chi connectivity index (χ4n) is 3.58. The molecule has 0 amide bonds. The van der Waals surface area contributed by atoms with E-state index in [4.69, 9.17) is 0 Å². The molecule has 0 saturated heterocycles. The fourth-order valence-corrected chi connectivity index (χ4v) is 3.58. The number of fused-ring (bicyclic) bond motifs is 4. The summed E-state index contributed by atoms with van der Waals surface area (Å²) in [4.78, 5) is 0. The summed E-state index contributed by atoms with van der Waals surface area (Å²) in [6.45, 7) is 1.66. The van der Waals surface area contributed by atoms with Crippen LogP contribution in [0.4, 0.5) is 11.4 Å². The van der Waals surface area contributed by atoms with Gasteiger partial charge in [-0.3, -0.25) is 0 Å². The van der Waals surface area contributed by atoms with Gasteiger partial charge in [-0.1, -0.05) is 48.5 Å². The zero-order valence-corrected chi connectivity index (χ0v) is 13.3. The van der Waals surface area contributed by atoms with E-state index >= 15 is 0 Å². The minimum Gasteiger partial charge on any atom is -0.381 e. The molecule has 4 aromatic carbocycles. The highest BCUT2D eigenvalue weighted by Crippen LogP contribution is 2.31. The van der Waals surface area contributed by atoms with E-state index in [0.29, 0.717) is 0 Å². The quantitative estimate of drug-likeness (QED) is 0.446. The van der Waals surface area contributed by atoms with Crippen molar-refractivity contribution in [3.63, 3.8) is 0 Å². The number of hydrogen-bond donors (Lipinski definition) is 2. The van der Waals surface area contributed by atoms with Crippen molar-refractivity contribution in [1.29, 1.82) is 0 Å². The summed E-state index contributed by atoms with van der Waals surface area (Å²) in [5.74, 6) is 0. The van der Waals surface area contributed by atoms with Crippen LogP contribution in [0.3, 0.4) is 0 Å². The lowest BCUT2D eigenvalue weighted by Gasteiger charge is -2.21. The smallest absolute Gasteiger partial charge is 0.0421 e. The van der Waals surface area contributed by atoms with Crippen LogP contribution in [0.2, 0.25) is 0 Å². The molecule has 0 unspecified atom stereocenters. The van der Waals surface area contributed by atoms with Crippen LogP contribution in [0.15, 0.2) is 72.8 Å². The number of rotatable bonds is 0. The molecule has 1 heterocycles. The van der Waals surface area contributed by atoms with Gasteiger partial charge in [0.1, 0.15) is 0 Å². The van der Waals surface area contributed by atoms with Crippen LogP contribution < -0.4 is 10.6 Å². The maximum atomic E-state index is 3.64. The van der Waals surface area contributed by atoms with E-state index in [-0.39, 0.29) is 0 Å². The highest BCUT2D eigenvalue weighted by atomic mass is 14.9. The monoisotopic (exact) mass is 310 g/mol. The minimum absolute atomic E-state index is 0.832. The van der Waals surface area contributed by atoms with Crippen LogP contribution >= 0.6 is 0 Å². The van der Waals surface area contributed by atoms with E-state index < -0.39 is 0 Å². The Labute approximate surface area is 141 Å². The van der Waals surface area contributed by atoms with Crippen LogP contribution in [0.5, 0.6) is 0 Å². The minimum atomic E-state index is 0.832. The SMILES string of the molecule is c1ccc2cc3c(cc2c1)CNc1cc2ccccc2cc1CN3. The van der Waals surface area contributed by atoms with Gasteiger partial charge < -0.3 is 10.6 Å². The molecule has 1 aliphatic heterocycles. The van der Waals surface area contributed by atoms with Gasteiger partial charge in [0.25, 0.3) is 0 Å². The average Bonchev–Trinajstić information content (AvgIpc) is 2.62. The summed E-state index contributed by atoms with van der Waals surface area (Å²) in [5, 5.41) is 12.4. The van der Waals surface area contributed by atoms with Gasteiger partial charge in [0.05, 0.1) is 0 Å². The van der Waals surface area contributed by atoms with Crippen LogP contribution in [0, 0.1) is 0 Å². The molecule has 2 N–H and O–H groups in total. The van der Waals surface area contributed by atoms with Crippen molar-refractivity contribution in [2.24, 2.45) is 0 Å². The predicted molar refractivity (Wildman–Crippen MR) is 103 cm³/mol. The Bertz CT molecular complexity index is 894. The molecule has 0 radical (unpaired) electrons. The molecule has 4 aromatic rings. The van der Waals surface area contributed by atoms with Gasteiger partial charge in [-0.05, 0) is 56.9 Å². The summed E-state index contributed by atoms with van der Waals surface area (Å²) in [6.07, 6.45) is 0. The lowest BCUT2D eigenvalue weighted by atomic mass is 10.0. The van der Waals surface area contributed by atoms with Crippen molar-refractivity contribution >= 4 is 32.9 Å². The topological polar surface area (TPSA) is 24.1 Å². The summed E-state index contributed by atoms with van der Waals surface area (Å²) < 4.78 is 0. The Morgan fingerprint density at radius 1 is 0.500 bits per heavy atom. The van der Waals surface area contributed by atoms with Gasteiger partial charge in [-0.25, -0.2) is 0 Å². The van der Waals surface area contributed by atoms with Crippen molar-refractivity contribution in [1.82, 2.24) is 0 Å². The Kier molecular flexibility index (Phi) is 2.95. The molecule has 2 nitrogen and oxygen atoms in total. The zero-order valence-electron chi connectivity index (χ0n) is 13.3. The van der Waals surface area contributed by atoms with E-state index in [1.165, 1.54) is 44.0 Å². The lowest BCUT2D eigenvalue weighted by molar-refractivity contribution is 1.06. The summed E-state index contributed by atoms with van der Waals surface area (Å²) in [6, 6.07) is 26.2. The van der Waals surface area contributed by atoms with Gasteiger partial charge in [-0.2, -0.15) is 0 Å². The summed E-state index contributed by atoms with van der Waals surface area (Å²) in [7, 11) is 0. The van der Waals surface area contributed by atoms with Crippen LogP contribution in [-0.2, 0) is 13.1 Å². The van der Waals surface area contributed by atoms with E-state index in [9.17, 15) is 0 Å². The second-order valence-corrected chi connectivity index (χ2v) is 6.42. The molecule has 0 atom stereocenters. The molecule has 24 heavy (non-hydrogen) atoms. The third-order valence-electron chi connectivity index (χ3n) is 4.88. The van der Waals surface area contributed by atoms with Gasteiger partial charge in [0.15, 0.2) is 0 Å². The van der Waals surface area contributed by atoms with Gasteiger partial charge in [0.2, 0.25) is 0 Å². The molecule has 0 spiro atoms. The Morgan fingerprint density at radius 3 is 1.29 bits per heavy atom. The first kappa shape index (κ1) is 13.4. The first-order valence-corrected chi connectivity index (χ1v) is 8.38. The van der Waals surface area contributed by atoms with E-state index in [2.05, 4.69) is 83.4 Å². The van der Waals surface area contributed by atoms with E-state index in [1.807, 2.05) is 0 Å². The highest BCUT2D eigenvalue weighted by Gasteiger charge is 2.12. The number of nitrogens with one attached hydrogen (secondary N) is 2. The van der Waals surface area contributed by atoms with Crippen molar-refractivity contribution in [2.75, 3.05) is 10.6 Å². The van der Waals surface area contributed by atoms with Crippen LogP contribution in [0.25, 0.3) is 21.5 Å². The molecule has 0 fully saturated rings. The van der Waals surface area contributed by atoms with Crippen LogP contribution in [-0.4, -0.2) is 0 Å². The second kappa shape index (κ2) is 5.27. The van der Waals surface area contributed by atoms with Crippen molar-refractivity contribution in [2.45, 2.75) is 13.1 Å². The molecule has 5 rings (SSSR count). The van der Waals surface area contributed by atoms with Gasteiger partial charge >= 0.3 is 0 Å². The standard InChI is InChI=1S/C22H18N2/c1-3-7-17-11-21-19(9-15(17)5-1)13-23-22-12-18-8-4-2-6-16(18)10-20(22)14-24-21/h1-12,23-24H,13-14H2. The van der Waals surface area contributed by atoms with Gasteiger partial charge in [-0.15, -0.1) is 0 Å². The molecule has 2 heteroatoms. The fraction of sp³-hybridized carbons (Fsp3) is 0.0909. The third kappa shape index (κ3) is 2.19. The van der Waals surface area contributed by atoms with E-state index in [1.54, 1.807) is 0 Å². The first-order chi connectivity index (χ1) is 11.9. The van der Waals surface area contributed by atoms with Crippen LogP contribution in [0.1, 0.15) is 11.1 Å². The average molecular weight is 310 g/mol. The normalized spacial score (nSPS) is 13.3. The molecule has 0 aromatic heterocycles. The molecular formula is C22H18N2. The zero-order chi connectivity index (χ0) is 15.9. The third-order valence-corrected chi connectivity index (χ3v) is 4.88.